The molecule has 4 N–H and O–H groups in total. The van der Waals surface area contributed by atoms with Crippen LogP contribution in [0.15, 0.2) is 29.3 Å². The van der Waals surface area contributed by atoms with Crippen molar-refractivity contribution in [3.05, 3.63) is 29.8 Å². The van der Waals surface area contributed by atoms with E-state index in [0.717, 1.165) is 30.1 Å². The van der Waals surface area contributed by atoms with Gasteiger partial charge in [0.2, 0.25) is 0 Å². The van der Waals surface area contributed by atoms with Gasteiger partial charge in [-0.1, -0.05) is 12.1 Å². The van der Waals surface area contributed by atoms with Crippen molar-refractivity contribution in [3.63, 3.8) is 0 Å². The Bertz CT molecular complexity index is 644. The van der Waals surface area contributed by atoms with Crippen LogP contribution in [-0.2, 0) is 11.3 Å². The molecule has 2 aliphatic heterocycles. The van der Waals surface area contributed by atoms with Gasteiger partial charge in [0.1, 0.15) is 0 Å². The minimum atomic E-state index is -0.191. The molecule has 2 saturated heterocycles. The highest BCUT2D eigenvalue weighted by Gasteiger charge is 2.41. The largest absolute Gasteiger partial charge is 0.373 e. The smallest absolute Gasteiger partial charge is 0.319 e. The van der Waals surface area contributed by atoms with Gasteiger partial charge < -0.3 is 26.0 Å². The number of anilines is 1. The van der Waals surface area contributed by atoms with E-state index in [2.05, 4.69) is 26.3 Å². The van der Waals surface area contributed by atoms with Crippen LogP contribution in [0, 0.1) is 0 Å². The molecule has 2 amide bonds. The summed E-state index contributed by atoms with van der Waals surface area (Å²) in [6.07, 6.45) is 4.12. The molecule has 2 fully saturated rings. The lowest BCUT2D eigenvalue weighted by Crippen LogP contribution is -2.47. The van der Waals surface area contributed by atoms with Gasteiger partial charge in [-0.25, -0.2) is 4.79 Å². The number of nitrogens with one attached hydrogen (secondary N) is 4. The Morgan fingerprint density at radius 2 is 2.04 bits per heavy atom. The van der Waals surface area contributed by atoms with E-state index in [-0.39, 0.29) is 12.1 Å². The highest BCUT2D eigenvalue weighted by molar-refractivity contribution is 5.89. The highest BCUT2D eigenvalue weighted by Crippen LogP contribution is 2.34. The van der Waals surface area contributed by atoms with E-state index < -0.39 is 0 Å². The van der Waals surface area contributed by atoms with Gasteiger partial charge in [0, 0.05) is 25.3 Å². The molecule has 26 heavy (non-hydrogen) atoms. The van der Waals surface area contributed by atoms with E-state index in [9.17, 15) is 4.79 Å². The van der Waals surface area contributed by atoms with E-state index in [4.69, 9.17) is 4.74 Å². The van der Waals surface area contributed by atoms with Crippen molar-refractivity contribution in [3.8, 4) is 0 Å². The average Bonchev–Trinajstić information content (AvgIpc) is 3.22. The molecule has 1 aromatic rings. The summed E-state index contributed by atoms with van der Waals surface area (Å²) in [5.41, 5.74) is 1.89. The number of ether oxygens (including phenoxy) is 1. The zero-order valence-electron chi connectivity index (χ0n) is 15.7. The van der Waals surface area contributed by atoms with E-state index in [1.807, 2.05) is 38.1 Å². The molecule has 0 spiro atoms. The van der Waals surface area contributed by atoms with Gasteiger partial charge in [0.15, 0.2) is 5.96 Å². The normalized spacial score (nSPS) is 24.6. The summed E-state index contributed by atoms with van der Waals surface area (Å²) in [6, 6.07) is 8.05. The lowest BCUT2D eigenvalue weighted by molar-refractivity contribution is 0.0992. The summed E-state index contributed by atoms with van der Waals surface area (Å²) in [5, 5.41) is 12.4. The lowest BCUT2D eigenvalue weighted by Gasteiger charge is -2.22. The number of hydrogen-bond donors (Lipinski definition) is 4. The molecule has 7 nitrogen and oxygen atoms in total. The zero-order valence-corrected chi connectivity index (χ0v) is 15.7. The Morgan fingerprint density at radius 1 is 1.27 bits per heavy atom. The second-order valence-electron chi connectivity index (χ2n) is 7.24. The second-order valence-corrected chi connectivity index (χ2v) is 7.24. The number of aliphatic imine (C=N–C) groups is 1. The van der Waals surface area contributed by atoms with Crippen LogP contribution in [0.1, 0.15) is 38.7 Å². The molecule has 3 unspecified atom stereocenters. The number of benzene rings is 1. The molecule has 0 saturated carbocycles. The van der Waals surface area contributed by atoms with Crippen molar-refractivity contribution in [2.24, 2.45) is 4.99 Å². The topological polar surface area (TPSA) is 86.8 Å². The third kappa shape index (κ3) is 4.88. The van der Waals surface area contributed by atoms with Crippen LogP contribution < -0.4 is 21.3 Å². The van der Waals surface area contributed by atoms with Crippen LogP contribution in [0.3, 0.4) is 0 Å². The number of urea groups is 1. The molecule has 0 aliphatic carbocycles. The van der Waals surface area contributed by atoms with Gasteiger partial charge in [-0.2, -0.15) is 0 Å². The number of nitrogens with zero attached hydrogens (tertiary/aromatic N) is 1. The Labute approximate surface area is 155 Å². The average molecular weight is 359 g/mol. The fourth-order valence-electron chi connectivity index (χ4n) is 3.48. The van der Waals surface area contributed by atoms with Gasteiger partial charge in [-0.3, -0.25) is 4.99 Å². The monoisotopic (exact) mass is 359 g/mol. The summed E-state index contributed by atoms with van der Waals surface area (Å²) < 4.78 is 5.88. The predicted molar refractivity (Wildman–Crippen MR) is 103 cm³/mol. The van der Waals surface area contributed by atoms with Crippen LogP contribution in [0.5, 0.6) is 0 Å². The van der Waals surface area contributed by atoms with Gasteiger partial charge in [-0.15, -0.1) is 0 Å². The van der Waals surface area contributed by atoms with Crippen molar-refractivity contribution in [1.29, 1.82) is 0 Å². The minimum absolute atomic E-state index is 0.109. The van der Waals surface area contributed by atoms with Crippen molar-refractivity contribution in [1.82, 2.24) is 16.0 Å². The zero-order chi connectivity index (χ0) is 18.5. The Balaban J connectivity index is 1.45. The standard InChI is InChI=1S/C19H29N5O2/c1-12(2)22-19(25)23-14-6-4-13(5-7-14)11-21-18(20-3)24-16-10-15-8-9-17(16)26-15/h4-7,12,15-17H,8-11H2,1-3H3,(H2,20,21,24)(H2,22,23,25). The fourth-order valence-corrected chi connectivity index (χ4v) is 3.48. The maximum Gasteiger partial charge on any atom is 0.319 e. The molecule has 1 aromatic carbocycles. The molecular weight excluding hydrogens is 330 g/mol. The molecular formula is C19H29N5O2. The fraction of sp³-hybridized carbons (Fsp3) is 0.579. The maximum atomic E-state index is 11.7. The number of rotatable bonds is 5. The number of guanidine groups is 1. The van der Waals surface area contributed by atoms with E-state index in [1.54, 1.807) is 7.05 Å². The molecule has 142 valence electrons. The molecule has 0 aromatic heterocycles. The van der Waals surface area contributed by atoms with Crippen molar-refractivity contribution >= 4 is 17.7 Å². The third-order valence-corrected chi connectivity index (χ3v) is 4.74. The molecule has 2 heterocycles. The Morgan fingerprint density at radius 3 is 2.62 bits per heavy atom. The van der Waals surface area contributed by atoms with Crippen LogP contribution >= 0.6 is 0 Å². The molecule has 2 bridgehead atoms. The van der Waals surface area contributed by atoms with Crippen LogP contribution in [-0.4, -0.2) is 43.3 Å². The third-order valence-electron chi connectivity index (χ3n) is 4.74. The number of hydrogen-bond acceptors (Lipinski definition) is 3. The van der Waals surface area contributed by atoms with Crippen LogP contribution in [0.25, 0.3) is 0 Å². The summed E-state index contributed by atoms with van der Waals surface area (Å²) >= 11 is 0. The van der Waals surface area contributed by atoms with E-state index in [1.165, 1.54) is 6.42 Å². The van der Waals surface area contributed by atoms with Crippen molar-refractivity contribution in [2.75, 3.05) is 12.4 Å². The van der Waals surface area contributed by atoms with Gasteiger partial charge in [-0.05, 0) is 50.8 Å². The summed E-state index contributed by atoms with van der Waals surface area (Å²) in [4.78, 5) is 16.0. The molecule has 3 rings (SSSR count). The summed E-state index contributed by atoms with van der Waals surface area (Å²) in [5.74, 6) is 0.796. The van der Waals surface area contributed by atoms with Crippen molar-refractivity contribution in [2.45, 2.75) is 63.9 Å². The van der Waals surface area contributed by atoms with Gasteiger partial charge in [0.25, 0.3) is 0 Å². The predicted octanol–water partition coefficient (Wildman–Crippen LogP) is 2.20. The number of amides is 2. The number of fused-ring (bicyclic) bond motifs is 2. The number of carbonyl (C=O) groups is 1. The SMILES string of the molecule is CN=C(NCc1ccc(NC(=O)NC(C)C)cc1)NC1CC2CCC1O2. The van der Waals surface area contributed by atoms with E-state index >= 15 is 0 Å². The molecule has 0 radical (unpaired) electrons. The Hall–Kier alpha value is -2.28. The second kappa shape index (κ2) is 8.40. The van der Waals surface area contributed by atoms with Crippen molar-refractivity contribution < 1.29 is 9.53 Å². The van der Waals surface area contributed by atoms with Crippen LogP contribution in [0.2, 0.25) is 0 Å². The lowest BCUT2D eigenvalue weighted by atomic mass is 9.96. The maximum absolute atomic E-state index is 11.7. The Kier molecular flexibility index (Phi) is 5.98. The molecule has 2 aliphatic rings. The van der Waals surface area contributed by atoms with Gasteiger partial charge in [0.05, 0.1) is 18.2 Å². The van der Waals surface area contributed by atoms with Gasteiger partial charge >= 0.3 is 6.03 Å². The van der Waals surface area contributed by atoms with E-state index in [0.29, 0.717) is 24.8 Å². The first kappa shape index (κ1) is 18.5. The highest BCUT2D eigenvalue weighted by atomic mass is 16.5. The first-order valence-electron chi connectivity index (χ1n) is 9.32. The summed E-state index contributed by atoms with van der Waals surface area (Å²) in [6.45, 7) is 4.52. The molecule has 3 atom stereocenters. The molecule has 7 heteroatoms. The quantitative estimate of drug-likeness (QED) is 0.479. The number of carbonyl (C=O) groups excluding carboxylic acids is 1. The first-order valence-corrected chi connectivity index (χ1v) is 9.32. The van der Waals surface area contributed by atoms with Crippen LogP contribution in [0.4, 0.5) is 10.5 Å². The minimum Gasteiger partial charge on any atom is -0.373 e. The first-order chi connectivity index (χ1) is 12.5. The summed E-state index contributed by atoms with van der Waals surface area (Å²) in [7, 11) is 1.78.